The van der Waals surface area contributed by atoms with Gasteiger partial charge in [-0.05, 0) is 17.3 Å². The third kappa shape index (κ3) is 4.20. The van der Waals surface area contributed by atoms with Crippen molar-refractivity contribution in [3.63, 3.8) is 0 Å². The van der Waals surface area contributed by atoms with Crippen LogP contribution in [0.2, 0.25) is 0 Å². The second kappa shape index (κ2) is 7.89. The highest BCUT2D eigenvalue weighted by Crippen LogP contribution is 2.37. The van der Waals surface area contributed by atoms with E-state index in [1.54, 1.807) is 17.2 Å². The number of alkyl halides is 3. The molecule has 1 aliphatic heterocycles. The van der Waals surface area contributed by atoms with Crippen LogP contribution in [0.5, 0.6) is 0 Å². The van der Waals surface area contributed by atoms with Gasteiger partial charge in [0, 0.05) is 31.9 Å². The van der Waals surface area contributed by atoms with Crippen molar-refractivity contribution >= 4 is 28.1 Å². The minimum atomic E-state index is -4.40. The molecule has 0 amide bonds. The molecule has 3 aromatic rings. The molecule has 1 saturated heterocycles. The van der Waals surface area contributed by atoms with Crippen LogP contribution in [0.4, 0.5) is 24.0 Å². The predicted octanol–water partition coefficient (Wildman–Crippen LogP) is 2.23. The molecule has 4 rings (SSSR count). The molecule has 0 saturated carbocycles. The van der Waals surface area contributed by atoms with Gasteiger partial charge in [-0.15, -0.1) is 10.2 Å². The van der Waals surface area contributed by atoms with Crippen molar-refractivity contribution in [1.82, 2.24) is 25.2 Å². The van der Waals surface area contributed by atoms with Gasteiger partial charge in [0.05, 0.1) is 16.6 Å². The van der Waals surface area contributed by atoms with Crippen LogP contribution in [0, 0.1) is 0 Å². The van der Waals surface area contributed by atoms with Crippen LogP contribution in [-0.2, 0) is 17.5 Å². The fraction of sp³-hybridized carbons (Fsp3) is 0.353. The van der Waals surface area contributed by atoms with E-state index in [-0.39, 0.29) is 18.1 Å². The van der Waals surface area contributed by atoms with Crippen LogP contribution in [0.3, 0.4) is 0 Å². The van der Waals surface area contributed by atoms with Gasteiger partial charge in [0.15, 0.2) is 11.7 Å². The number of tetrazole rings is 1. The Labute approximate surface area is 172 Å². The van der Waals surface area contributed by atoms with E-state index in [1.165, 1.54) is 23.5 Å². The molecule has 0 bridgehead atoms. The molecule has 0 radical (unpaired) electrons. The summed E-state index contributed by atoms with van der Waals surface area (Å²) in [4.78, 5) is 20.4. The Kier molecular flexibility index (Phi) is 5.28. The molecule has 2 aromatic heterocycles. The Balaban J connectivity index is 1.43. The monoisotopic (exact) mass is 439 g/mol. The average Bonchev–Trinajstić information content (AvgIpc) is 3.37. The van der Waals surface area contributed by atoms with Crippen molar-refractivity contribution in [3.8, 4) is 10.7 Å². The van der Waals surface area contributed by atoms with Crippen molar-refractivity contribution < 1.29 is 23.1 Å². The number of nitrogens with zero attached hydrogens (tertiary/aromatic N) is 7. The van der Waals surface area contributed by atoms with Gasteiger partial charge in [0.1, 0.15) is 0 Å². The zero-order valence-electron chi connectivity index (χ0n) is 15.5. The van der Waals surface area contributed by atoms with Crippen molar-refractivity contribution in [3.05, 3.63) is 36.0 Å². The second-order valence-electron chi connectivity index (χ2n) is 6.53. The molecule has 0 atom stereocenters. The third-order valence-electron chi connectivity index (χ3n) is 4.54. The topological polar surface area (TPSA) is 100 Å². The molecule has 1 fully saturated rings. The van der Waals surface area contributed by atoms with E-state index in [2.05, 4.69) is 20.4 Å². The van der Waals surface area contributed by atoms with E-state index in [0.717, 1.165) is 10.9 Å². The van der Waals surface area contributed by atoms with Crippen LogP contribution in [0.15, 0.2) is 30.5 Å². The zero-order chi connectivity index (χ0) is 21.3. The number of anilines is 2. The Morgan fingerprint density at radius 2 is 1.83 bits per heavy atom. The SMILES string of the molecule is O=C(O)Cn1nnc(-c2cnc(N3CCN(c4ccccc4C(F)(F)F)CC3)s2)n1. The minimum absolute atomic E-state index is 0.184. The van der Waals surface area contributed by atoms with E-state index < -0.39 is 17.7 Å². The molecule has 0 unspecified atom stereocenters. The molecular weight excluding hydrogens is 423 g/mol. The van der Waals surface area contributed by atoms with Crippen molar-refractivity contribution in [2.24, 2.45) is 0 Å². The maximum Gasteiger partial charge on any atom is 0.418 e. The number of benzene rings is 1. The van der Waals surface area contributed by atoms with E-state index >= 15 is 0 Å². The number of hydrogen-bond acceptors (Lipinski definition) is 8. The number of thiazole rings is 1. The van der Waals surface area contributed by atoms with Gasteiger partial charge in [0.25, 0.3) is 0 Å². The van der Waals surface area contributed by atoms with Crippen LogP contribution < -0.4 is 9.80 Å². The van der Waals surface area contributed by atoms with Crippen LogP contribution >= 0.6 is 11.3 Å². The highest BCUT2D eigenvalue weighted by atomic mass is 32.1. The van der Waals surface area contributed by atoms with E-state index in [1.807, 2.05) is 4.90 Å². The summed E-state index contributed by atoms with van der Waals surface area (Å²) in [5.41, 5.74) is -0.450. The smallest absolute Gasteiger partial charge is 0.418 e. The first-order chi connectivity index (χ1) is 14.3. The number of para-hydroxylation sites is 1. The largest absolute Gasteiger partial charge is 0.480 e. The first-order valence-corrected chi connectivity index (χ1v) is 9.75. The summed E-state index contributed by atoms with van der Waals surface area (Å²) in [5, 5.41) is 21.0. The Morgan fingerprint density at radius 3 is 2.53 bits per heavy atom. The standard InChI is InChI=1S/C17H16F3N7O2S/c18-17(19,20)11-3-1-2-4-12(11)25-5-7-26(8-6-25)16-21-9-13(30-16)15-22-24-27(23-15)10-14(28)29/h1-4,9H,5-8,10H2,(H,28,29). The fourth-order valence-corrected chi connectivity index (χ4v) is 4.06. The summed E-state index contributed by atoms with van der Waals surface area (Å²) < 4.78 is 39.9. The first-order valence-electron chi connectivity index (χ1n) is 8.93. The number of carbonyl (C=O) groups is 1. The minimum Gasteiger partial charge on any atom is -0.480 e. The fourth-order valence-electron chi connectivity index (χ4n) is 3.17. The molecule has 0 spiro atoms. The van der Waals surface area contributed by atoms with Gasteiger partial charge >= 0.3 is 12.1 Å². The quantitative estimate of drug-likeness (QED) is 0.646. The Hall–Kier alpha value is -3.22. The van der Waals surface area contributed by atoms with Crippen LogP contribution in [0.1, 0.15) is 5.56 Å². The van der Waals surface area contributed by atoms with E-state index in [0.29, 0.717) is 36.2 Å². The molecule has 1 N–H and O–H groups in total. The molecule has 158 valence electrons. The number of carboxylic acids is 1. The number of rotatable bonds is 5. The number of aromatic nitrogens is 5. The molecule has 3 heterocycles. The van der Waals surface area contributed by atoms with E-state index in [9.17, 15) is 18.0 Å². The molecule has 1 aliphatic rings. The normalized spacial score (nSPS) is 14.9. The molecule has 0 aliphatic carbocycles. The summed E-state index contributed by atoms with van der Waals surface area (Å²) in [6, 6.07) is 5.58. The van der Waals surface area contributed by atoms with Crippen LogP contribution in [0.25, 0.3) is 10.7 Å². The summed E-state index contributed by atoms with van der Waals surface area (Å²) in [6.45, 7) is 1.49. The zero-order valence-corrected chi connectivity index (χ0v) is 16.3. The maximum absolute atomic E-state index is 13.3. The second-order valence-corrected chi connectivity index (χ2v) is 7.54. The Bertz CT molecular complexity index is 1040. The lowest BCUT2D eigenvalue weighted by atomic mass is 10.1. The predicted molar refractivity (Wildman–Crippen MR) is 102 cm³/mol. The number of piperazine rings is 1. The van der Waals surface area contributed by atoms with E-state index in [4.69, 9.17) is 5.11 Å². The van der Waals surface area contributed by atoms with Crippen LogP contribution in [-0.4, -0.2) is 62.4 Å². The number of hydrogen-bond donors (Lipinski definition) is 1. The van der Waals surface area contributed by atoms with Gasteiger partial charge < -0.3 is 14.9 Å². The maximum atomic E-state index is 13.3. The van der Waals surface area contributed by atoms with Crippen molar-refractivity contribution in [2.75, 3.05) is 36.0 Å². The summed E-state index contributed by atoms with van der Waals surface area (Å²) in [6.07, 6.45) is -2.82. The summed E-state index contributed by atoms with van der Waals surface area (Å²) in [5.74, 6) is -0.799. The van der Waals surface area contributed by atoms with Gasteiger partial charge in [0.2, 0.25) is 5.82 Å². The number of aliphatic carboxylic acids is 1. The molecule has 9 nitrogen and oxygen atoms in total. The van der Waals surface area contributed by atoms with Gasteiger partial charge in [-0.3, -0.25) is 4.79 Å². The van der Waals surface area contributed by atoms with Gasteiger partial charge in [-0.25, -0.2) is 4.98 Å². The summed E-state index contributed by atoms with van der Waals surface area (Å²) >= 11 is 1.32. The lowest BCUT2D eigenvalue weighted by Gasteiger charge is -2.37. The average molecular weight is 439 g/mol. The van der Waals surface area contributed by atoms with Crippen molar-refractivity contribution in [1.29, 1.82) is 0 Å². The van der Waals surface area contributed by atoms with Gasteiger partial charge in [-0.1, -0.05) is 23.5 Å². The number of halogens is 3. The molecular formula is C17H16F3N7O2S. The molecule has 13 heteroatoms. The highest BCUT2D eigenvalue weighted by molar-refractivity contribution is 7.18. The third-order valence-corrected chi connectivity index (χ3v) is 5.60. The Morgan fingerprint density at radius 1 is 1.13 bits per heavy atom. The number of carboxylic acid groups (broad SMARTS) is 1. The lowest BCUT2D eigenvalue weighted by molar-refractivity contribution is -0.138. The van der Waals surface area contributed by atoms with Gasteiger partial charge in [-0.2, -0.15) is 18.0 Å². The summed E-state index contributed by atoms with van der Waals surface area (Å²) in [7, 11) is 0. The first kappa shape index (κ1) is 20.1. The van der Waals surface area contributed by atoms with Crippen molar-refractivity contribution in [2.45, 2.75) is 12.7 Å². The molecule has 1 aromatic carbocycles. The molecule has 30 heavy (non-hydrogen) atoms. The highest BCUT2D eigenvalue weighted by Gasteiger charge is 2.35. The lowest BCUT2D eigenvalue weighted by Crippen LogP contribution is -2.47.